The molecule has 5 rings (SSSR count). The molecular weight excluding hydrogens is 405 g/mol. The quantitative estimate of drug-likeness (QED) is 0.472. The largest absolute Gasteiger partial charge is 0.364 e. The standard InChI is InChI=1S/C24H27FN7/c1-30-14-11-19(12-15-30)27-22-9-10-23-31(2)16-21(32(23)29-22)17-5-7-18(8-6-17)28-24-20(25)4-3-13-26-24/h3-10,13,16,19H,11-12,14-15H2,1-2H3,(H,26,28)(H,27,29)/q+1. The molecule has 32 heavy (non-hydrogen) atoms. The number of pyridine rings is 1. The average molecular weight is 433 g/mol. The van der Waals surface area contributed by atoms with Gasteiger partial charge in [-0.15, -0.1) is 0 Å². The normalized spacial score (nSPS) is 15.2. The lowest BCUT2D eigenvalue weighted by molar-refractivity contribution is -0.644. The van der Waals surface area contributed by atoms with E-state index in [0.29, 0.717) is 6.04 Å². The third kappa shape index (κ3) is 4.13. The van der Waals surface area contributed by atoms with Crippen molar-refractivity contribution in [2.45, 2.75) is 18.9 Å². The fraction of sp³-hybridized carbons (Fsp3) is 0.292. The van der Waals surface area contributed by atoms with Crippen molar-refractivity contribution in [1.82, 2.24) is 19.5 Å². The van der Waals surface area contributed by atoms with E-state index in [0.717, 1.165) is 54.3 Å². The van der Waals surface area contributed by atoms with Crippen LogP contribution in [0.15, 0.2) is 60.9 Å². The van der Waals surface area contributed by atoms with Crippen molar-refractivity contribution in [3.63, 3.8) is 0 Å². The molecule has 164 valence electrons. The van der Waals surface area contributed by atoms with Crippen LogP contribution in [0.5, 0.6) is 0 Å². The number of piperidine rings is 1. The SMILES string of the molecule is CN1CCC(Nc2ccc3n(n2)c(-c2ccc(Nc4ncccc4F)cc2)c[n+]3C)CC1. The van der Waals surface area contributed by atoms with E-state index in [4.69, 9.17) is 5.10 Å². The molecule has 0 bridgehead atoms. The lowest BCUT2D eigenvalue weighted by Crippen LogP contribution is -2.37. The molecule has 4 heterocycles. The highest BCUT2D eigenvalue weighted by atomic mass is 19.1. The number of aryl methyl sites for hydroxylation is 1. The van der Waals surface area contributed by atoms with Crippen LogP contribution in [-0.2, 0) is 7.05 Å². The molecule has 3 aromatic heterocycles. The van der Waals surface area contributed by atoms with Crippen molar-refractivity contribution < 1.29 is 8.96 Å². The van der Waals surface area contributed by atoms with Crippen LogP contribution < -0.4 is 15.2 Å². The molecule has 8 heteroatoms. The van der Waals surface area contributed by atoms with E-state index in [2.05, 4.69) is 44.4 Å². The highest BCUT2D eigenvalue weighted by Gasteiger charge is 2.21. The minimum Gasteiger partial charge on any atom is -0.364 e. The topological polar surface area (TPSA) is 61.4 Å². The third-order valence-corrected chi connectivity index (χ3v) is 5.99. The summed E-state index contributed by atoms with van der Waals surface area (Å²) < 4.78 is 17.9. The summed E-state index contributed by atoms with van der Waals surface area (Å²) in [5.74, 6) is 0.717. The molecule has 0 saturated carbocycles. The molecule has 1 aliphatic heterocycles. The van der Waals surface area contributed by atoms with Crippen molar-refractivity contribution >= 4 is 23.0 Å². The Morgan fingerprint density at radius 2 is 1.84 bits per heavy atom. The molecule has 2 N–H and O–H groups in total. The van der Waals surface area contributed by atoms with E-state index in [-0.39, 0.29) is 11.6 Å². The van der Waals surface area contributed by atoms with Crippen LogP contribution in [-0.4, -0.2) is 45.7 Å². The highest BCUT2D eigenvalue weighted by molar-refractivity contribution is 5.66. The number of halogens is 1. The van der Waals surface area contributed by atoms with Crippen LogP contribution in [0.4, 0.5) is 21.7 Å². The van der Waals surface area contributed by atoms with E-state index in [1.54, 1.807) is 12.3 Å². The Labute approximate surface area is 186 Å². The Hall–Kier alpha value is -3.52. The van der Waals surface area contributed by atoms with Gasteiger partial charge in [0.15, 0.2) is 17.5 Å². The molecule has 0 atom stereocenters. The van der Waals surface area contributed by atoms with Crippen molar-refractivity contribution in [3.05, 3.63) is 66.7 Å². The highest BCUT2D eigenvalue weighted by Crippen LogP contribution is 2.24. The second-order valence-corrected chi connectivity index (χ2v) is 8.37. The molecule has 0 unspecified atom stereocenters. The van der Waals surface area contributed by atoms with Crippen LogP contribution in [0.25, 0.3) is 16.9 Å². The zero-order valence-electron chi connectivity index (χ0n) is 18.3. The van der Waals surface area contributed by atoms with Gasteiger partial charge in [-0.3, -0.25) is 0 Å². The van der Waals surface area contributed by atoms with Gasteiger partial charge in [0, 0.05) is 29.6 Å². The Morgan fingerprint density at radius 3 is 2.59 bits per heavy atom. The predicted molar refractivity (Wildman–Crippen MR) is 123 cm³/mol. The molecule has 0 radical (unpaired) electrons. The van der Waals surface area contributed by atoms with Crippen LogP contribution in [0.1, 0.15) is 12.8 Å². The van der Waals surface area contributed by atoms with Crippen LogP contribution in [0, 0.1) is 5.82 Å². The second-order valence-electron chi connectivity index (χ2n) is 8.37. The van der Waals surface area contributed by atoms with Crippen LogP contribution >= 0.6 is 0 Å². The lowest BCUT2D eigenvalue weighted by atomic mass is 10.1. The smallest absolute Gasteiger partial charge is 0.307 e. The minimum absolute atomic E-state index is 0.214. The summed E-state index contributed by atoms with van der Waals surface area (Å²) >= 11 is 0. The molecule has 1 fully saturated rings. The molecule has 0 amide bonds. The summed E-state index contributed by atoms with van der Waals surface area (Å²) in [4.78, 5) is 6.41. The van der Waals surface area contributed by atoms with Gasteiger partial charge in [0.2, 0.25) is 5.69 Å². The first kappa shape index (κ1) is 20.4. The van der Waals surface area contributed by atoms with Gasteiger partial charge in [0.1, 0.15) is 6.20 Å². The summed E-state index contributed by atoms with van der Waals surface area (Å²) in [6, 6.07) is 15.4. The fourth-order valence-electron chi connectivity index (χ4n) is 4.14. The number of imidazole rings is 1. The molecule has 4 aromatic rings. The summed E-state index contributed by atoms with van der Waals surface area (Å²) in [6.45, 7) is 2.21. The first-order chi connectivity index (χ1) is 15.6. The Balaban J connectivity index is 1.40. The average Bonchev–Trinajstić information content (AvgIpc) is 3.13. The second kappa shape index (κ2) is 8.55. The van der Waals surface area contributed by atoms with Gasteiger partial charge >= 0.3 is 5.65 Å². The van der Waals surface area contributed by atoms with E-state index < -0.39 is 0 Å². The number of likely N-dealkylation sites (tertiary alicyclic amines) is 1. The van der Waals surface area contributed by atoms with Crippen molar-refractivity contribution in [2.24, 2.45) is 7.05 Å². The summed E-state index contributed by atoms with van der Waals surface area (Å²) in [5.41, 5.74) is 3.79. The van der Waals surface area contributed by atoms with Gasteiger partial charge in [-0.25, -0.2) is 13.9 Å². The van der Waals surface area contributed by atoms with Crippen molar-refractivity contribution in [2.75, 3.05) is 30.8 Å². The number of nitrogens with zero attached hydrogens (tertiary/aromatic N) is 5. The van der Waals surface area contributed by atoms with Crippen molar-refractivity contribution in [1.29, 1.82) is 0 Å². The van der Waals surface area contributed by atoms with Gasteiger partial charge in [-0.05, 0) is 75.4 Å². The molecule has 1 aliphatic rings. The third-order valence-electron chi connectivity index (χ3n) is 5.99. The number of fused-ring (bicyclic) bond motifs is 1. The summed E-state index contributed by atoms with van der Waals surface area (Å²) in [7, 11) is 4.19. The molecule has 1 saturated heterocycles. The number of hydrogen-bond donors (Lipinski definition) is 2. The molecule has 1 aromatic carbocycles. The lowest BCUT2D eigenvalue weighted by Gasteiger charge is -2.29. The first-order valence-electron chi connectivity index (χ1n) is 10.9. The van der Waals surface area contributed by atoms with Gasteiger partial charge < -0.3 is 15.5 Å². The number of anilines is 3. The number of hydrogen-bond acceptors (Lipinski definition) is 5. The molecule has 7 nitrogen and oxygen atoms in total. The number of benzene rings is 1. The number of nitrogens with one attached hydrogen (secondary N) is 2. The molecule has 0 aliphatic carbocycles. The first-order valence-corrected chi connectivity index (χ1v) is 10.9. The van der Waals surface area contributed by atoms with Crippen molar-refractivity contribution in [3.8, 4) is 11.3 Å². The van der Waals surface area contributed by atoms with Gasteiger partial charge in [0.25, 0.3) is 0 Å². The monoisotopic (exact) mass is 432 g/mol. The maximum absolute atomic E-state index is 13.9. The predicted octanol–water partition coefficient (Wildman–Crippen LogP) is 3.61. The zero-order valence-corrected chi connectivity index (χ0v) is 18.3. The Kier molecular flexibility index (Phi) is 5.45. The van der Waals surface area contributed by atoms with Crippen LogP contribution in [0.3, 0.4) is 0 Å². The summed E-state index contributed by atoms with van der Waals surface area (Å²) in [6.07, 6.45) is 5.87. The van der Waals surface area contributed by atoms with Gasteiger partial charge in [-0.2, -0.15) is 0 Å². The van der Waals surface area contributed by atoms with Crippen LogP contribution in [0.2, 0.25) is 0 Å². The number of aromatic nitrogens is 4. The molecule has 0 spiro atoms. The van der Waals surface area contributed by atoms with E-state index in [1.165, 1.54) is 6.07 Å². The van der Waals surface area contributed by atoms with E-state index in [9.17, 15) is 4.39 Å². The van der Waals surface area contributed by atoms with E-state index >= 15 is 0 Å². The van der Waals surface area contributed by atoms with Gasteiger partial charge in [0.05, 0.1) is 7.05 Å². The van der Waals surface area contributed by atoms with Gasteiger partial charge in [-0.1, -0.05) is 9.61 Å². The maximum atomic E-state index is 13.9. The zero-order chi connectivity index (χ0) is 22.1. The minimum atomic E-state index is -0.380. The van der Waals surface area contributed by atoms with E-state index in [1.807, 2.05) is 41.9 Å². The maximum Gasteiger partial charge on any atom is 0.307 e. The number of rotatable bonds is 5. The fourth-order valence-corrected chi connectivity index (χ4v) is 4.14. The summed E-state index contributed by atoms with van der Waals surface area (Å²) in [5, 5.41) is 11.5. The Bertz CT molecular complexity index is 1230. The Morgan fingerprint density at radius 1 is 1.06 bits per heavy atom. The molecular formula is C24H27FN7+.